The summed E-state index contributed by atoms with van der Waals surface area (Å²) in [5, 5.41) is 13.6. The van der Waals surface area contributed by atoms with Gasteiger partial charge < -0.3 is 19.9 Å². The molecule has 28 heavy (non-hydrogen) atoms. The first-order chi connectivity index (χ1) is 13.3. The maximum absolute atomic E-state index is 13.6. The Morgan fingerprint density at radius 2 is 2.07 bits per heavy atom. The molecule has 152 valence electrons. The van der Waals surface area contributed by atoms with Crippen LogP contribution in [0.2, 0.25) is 0 Å². The Labute approximate surface area is 161 Å². The second-order valence-electron chi connectivity index (χ2n) is 6.74. The number of anilines is 1. The Bertz CT molecular complexity index is 848. The number of benzene rings is 1. The number of alkyl halides is 3. The van der Waals surface area contributed by atoms with Crippen molar-refractivity contribution in [1.29, 1.82) is 0 Å². The number of aliphatic hydroxyl groups is 1. The van der Waals surface area contributed by atoms with Gasteiger partial charge in [0.25, 0.3) is 0 Å². The van der Waals surface area contributed by atoms with Gasteiger partial charge in [-0.2, -0.15) is 13.2 Å². The molecule has 0 radical (unpaired) electrons. The van der Waals surface area contributed by atoms with Gasteiger partial charge in [0.2, 0.25) is 5.60 Å². The highest BCUT2D eigenvalue weighted by atomic mass is 19.4. The molecule has 1 unspecified atom stereocenters. The van der Waals surface area contributed by atoms with Gasteiger partial charge in [-0.1, -0.05) is 18.2 Å². The lowest BCUT2D eigenvalue weighted by atomic mass is 9.98. The van der Waals surface area contributed by atoms with Crippen molar-refractivity contribution >= 4 is 11.6 Å². The molecule has 3 rings (SSSR count). The van der Waals surface area contributed by atoms with E-state index in [0.29, 0.717) is 19.0 Å². The number of hydrogen-bond donors (Lipinski definition) is 2. The average Bonchev–Trinajstić information content (AvgIpc) is 3.26. The first kappa shape index (κ1) is 20.2. The van der Waals surface area contributed by atoms with Crippen LogP contribution in [0.4, 0.5) is 18.9 Å². The lowest BCUT2D eigenvalue weighted by Gasteiger charge is -2.29. The van der Waals surface area contributed by atoms with Crippen LogP contribution in [0.15, 0.2) is 41.7 Å². The number of nitrogens with zero attached hydrogens (tertiary/aromatic N) is 4. The standard InChI is InChI=1S/C19H24F3N5O/c1-3-23-17(27-12-8-14-6-4-5-7-15(14)27)25-10-9-18(28,19(20,21)22)16-24-11-13-26(16)2/h4-7,11,13,28H,3,8-10,12H2,1-2H3,(H,23,25). The minimum absolute atomic E-state index is 0.204. The Hall–Kier alpha value is -2.55. The lowest BCUT2D eigenvalue weighted by molar-refractivity contribution is -0.272. The summed E-state index contributed by atoms with van der Waals surface area (Å²) in [6.07, 6.45) is -2.02. The van der Waals surface area contributed by atoms with Crippen LogP contribution in [0.1, 0.15) is 24.7 Å². The lowest BCUT2D eigenvalue weighted by Crippen LogP contribution is -2.45. The molecule has 2 N–H and O–H groups in total. The van der Waals surface area contributed by atoms with Crippen molar-refractivity contribution < 1.29 is 18.3 Å². The summed E-state index contributed by atoms with van der Waals surface area (Å²) in [7, 11) is 1.42. The minimum Gasteiger partial charge on any atom is -0.374 e. The van der Waals surface area contributed by atoms with Crippen molar-refractivity contribution in [2.24, 2.45) is 12.0 Å². The van der Waals surface area contributed by atoms with Crippen LogP contribution < -0.4 is 10.2 Å². The summed E-state index contributed by atoms with van der Waals surface area (Å²) in [6.45, 7) is 2.98. The number of aromatic nitrogens is 2. The molecule has 1 aliphatic rings. The van der Waals surface area contributed by atoms with E-state index >= 15 is 0 Å². The first-order valence-corrected chi connectivity index (χ1v) is 9.18. The van der Waals surface area contributed by atoms with Crippen molar-refractivity contribution in [3.8, 4) is 0 Å². The van der Waals surface area contributed by atoms with Crippen molar-refractivity contribution in [3.05, 3.63) is 48.0 Å². The number of rotatable bonds is 5. The van der Waals surface area contributed by atoms with Crippen LogP contribution in [-0.4, -0.2) is 46.4 Å². The average molecular weight is 395 g/mol. The molecule has 1 aromatic heterocycles. The summed E-state index contributed by atoms with van der Waals surface area (Å²) in [4.78, 5) is 10.0. The third kappa shape index (κ3) is 3.71. The Kier molecular flexibility index (Phi) is 5.64. The molecule has 2 heterocycles. The Morgan fingerprint density at radius 1 is 1.32 bits per heavy atom. The molecular formula is C19H24F3N5O. The number of halogens is 3. The number of fused-ring (bicyclic) bond motifs is 1. The van der Waals surface area contributed by atoms with E-state index in [0.717, 1.165) is 12.1 Å². The van der Waals surface area contributed by atoms with Crippen molar-refractivity contribution in [1.82, 2.24) is 14.9 Å². The third-order valence-electron chi connectivity index (χ3n) is 4.87. The summed E-state index contributed by atoms with van der Waals surface area (Å²) in [6, 6.07) is 7.88. The fourth-order valence-electron chi connectivity index (χ4n) is 3.42. The smallest absolute Gasteiger partial charge is 0.374 e. The van der Waals surface area contributed by atoms with Crippen molar-refractivity contribution in [3.63, 3.8) is 0 Å². The summed E-state index contributed by atoms with van der Waals surface area (Å²) in [5.74, 6) is 0.0727. The highest BCUT2D eigenvalue weighted by Gasteiger charge is 2.57. The van der Waals surface area contributed by atoms with Gasteiger partial charge in [-0.25, -0.2) is 4.98 Å². The van der Waals surface area contributed by atoms with E-state index in [4.69, 9.17) is 0 Å². The number of guanidine groups is 1. The van der Waals surface area contributed by atoms with Gasteiger partial charge in [0, 0.05) is 51.2 Å². The van der Waals surface area contributed by atoms with Crippen LogP contribution in [-0.2, 0) is 19.1 Å². The van der Waals surface area contributed by atoms with Gasteiger partial charge in [0.15, 0.2) is 5.96 Å². The minimum atomic E-state index is -4.86. The maximum atomic E-state index is 13.6. The molecule has 0 spiro atoms. The summed E-state index contributed by atoms with van der Waals surface area (Å²) >= 11 is 0. The molecule has 1 atom stereocenters. The SMILES string of the molecule is CCNC(=NCCC(O)(c1nccn1C)C(F)(F)F)N1CCc2ccccc21. The molecule has 1 aromatic carbocycles. The van der Waals surface area contributed by atoms with Gasteiger partial charge in [0.05, 0.1) is 0 Å². The highest BCUT2D eigenvalue weighted by molar-refractivity contribution is 5.97. The summed E-state index contributed by atoms with van der Waals surface area (Å²) < 4.78 is 42.1. The Morgan fingerprint density at radius 3 is 2.71 bits per heavy atom. The van der Waals surface area contributed by atoms with E-state index in [1.165, 1.54) is 29.6 Å². The predicted molar refractivity (Wildman–Crippen MR) is 101 cm³/mol. The fraction of sp³-hybridized carbons (Fsp3) is 0.474. The van der Waals surface area contributed by atoms with Crippen LogP contribution in [0.5, 0.6) is 0 Å². The van der Waals surface area contributed by atoms with Gasteiger partial charge in [0.1, 0.15) is 5.82 Å². The maximum Gasteiger partial charge on any atom is 0.424 e. The van der Waals surface area contributed by atoms with Crippen LogP contribution in [0.25, 0.3) is 0 Å². The van der Waals surface area contributed by atoms with E-state index in [9.17, 15) is 18.3 Å². The number of para-hydroxylation sites is 1. The summed E-state index contributed by atoms with van der Waals surface area (Å²) in [5.41, 5.74) is -0.889. The molecule has 0 fully saturated rings. The van der Waals surface area contributed by atoms with Crippen molar-refractivity contribution in [2.75, 3.05) is 24.5 Å². The van der Waals surface area contributed by atoms with Crippen LogP contribution in [0.3, 0.4) is 0 Å². The Balaban J connectivity index is 1.82. The zero-order chi connectivity index (χ0) is 20.4. The van der Waals surface area contributed by atoms with Crippen molar-refractivity contribution in [2.45, 2.75) is 31.5 Å². The molecule has 0 aliphatic carbocycles. The number of hydrogen-bond acceptors (Lipinski definition) is 3. The third-order valence-corrected chi connectivity index (χ3v) is 4.87. The van der Waals surface area contributed by atoms with E-state index < -0.39 is 24.0 Å². The van der Waals surface area contributed by atoms with Gasteiger partial charge in [-0.3, -0.25) is 4.99 Å². The molecule has 1 aliphatic heterocycles. The van der Waals surface area contributed by atoms with E-state index in [1.54, 1.807) is 0 Å². The first-order valence-electron chi connectivity index (χ1n) is 9.18. The quantitative estimate of drug-likeness (QED) is 0.603. The van der Waals surface area contributed by atoms with Crippen LogP contribution >= 0.6 is 0 Å². The van der Waals surface area contributed by atoms with Gasteiger partial charge >= 0.3 is 6.18 Å². The number of imidazole rings is 1. The number of aryl methyl sites for hydroxylation is 1. The fourth-order valence-corrected chi connectivity index (χ4v) is 3.42. The van der Waals surface area contributed by atoms with Gasteiger partial charge in [-0.05, 0) is 25.0 Å². The highest BCUT2D eigenvalue weighted by Crippen LogP contribution is 2.40. The second-order valence-corrected chi connectivity index (χ2v) is 6.74. The zero-order valence-corrected chi connectivity index (χ0v) is 15.9. The largest absolute Gasteiger partial charge is 0.424 e. The zero-order valence-electron chi connectivity index (χ0n) is 15.9. The monoisotopic (exact) mass is 395 g/mol. The second kappa shape index (κ2) is 7.83. The molecule has 0 saturated heterocycles. The number of aliphatic imine (C=N–C) groups is 1. The van der Waals surface area contributed by atoms with E-state index in [-0.39, 0.29) is 6.54 Å². The van der Waals surface area contributed by atoms with Gasteiger partial charge in [-0.15, -0.1) is 0 Å². The molecular weight excluding hydrogens is 371 g/mol. The van der Waals surface area contributed by atoms with E-state index in [2.05, 4.69) is 15.3 Å². The molecule has 9 heteroatoms. The van der Waals surface area contributed by atoms with Crippen LogP contribution in [0, 0.1) is 0 Å². The number of nitrogens with one attached hydrogen (secondary N) is 1. The van der Waals surface area contributed by atoms with E-state index in [1.807, 2.05) is 36.1 Å². The molecule has 6 nitrogen and oxygen atoms in total. The topological polar surface area (TPSA) is 65.7 Å². The molecule has 2 aromatic rings. The normalized spacial score (nSPS) is 16.8. The molecule has 0 saturated carbocycles. The predicted octanol–water partition coefficient (Wildman–Crippen LogP) is 2.59. The molecule has 0 bridgehead atoms. The molecule has 0 amide bonds.